The Balaban J connectivity index is 1.43. The number of pyridine rings is 2. The molecule has 1 N–H and O–H groups in total. The van der Waals surface area contributed by atoms with Gasteiger partial charge in [-0.3, -0.25) is 24.8 Å². The smallest absolute Gasteiger partial charge is 0.262 e. The van der Waals surface area contributed by atoms with Gasteiger partial charge in [-0.15, -0.1) is 0 Å². The summed E-state index contributed by atoms with van der Waals surface area (Å²) >= 11 is 6.42. The van der Waals surface area contributed by atoms with Crippen molar-refractivity contribution >= 4 is 35.2 Å². The fourth-order valence-corrected chi connectivity index (χ4v) is 4.03. The molecule has 1 saturated carbocycles. The van der Waals surface area contributed by atoms with Crippen molar-refractivity contribution in [2.24, 2.45) is 5.92 Å². The molecule has 3 aromatic heterocycles. The van der Waals surface area contributed by atoms with Gasteiger partial charge in [0.15, 0.2) is 0 Å². The first kappa shape index (κ1) is 20.5. The Bertz CT molecular complexity index is 1260. The summed E-state index contributed by atoms with van der Waals surface area (Å²) in [4.78, 5) is 44.2. The quantitative estimate of drug-likeness (QED) is 0.652. The molecule has 4 heterocycles. The zero-order valence-corrected chi connectivity index (χ0v) is 18.5. The van der Waals surface area contributed by atoms with E-state index in [9.17, 15) is 9.59 Å². The minimum Gasteiger partial charge on any atom is -0.294 e. The fraction of sp³-hybridized carbons (Fsp3) is 0.304. The predicted octanol–water partition coefficient (Wildman–Crippen LogP) is 3.76. The van der Waals surface area contributed by atoms with Crippen LogP contribution in [0.2, 0.25) is 5.02 Å². The molecule has 32 heavy (non-hydrogen) atoms. The second-order valence-corrected chi connectivity index (χ2v) is 8.63. The third-order valence-corrected chi connectivity index (χ3v) is 5.99. The van der Waals surface area contributed by atoms with Crippen molar-refractivity contribution in [1.82, 2.24) is 19.9 Å². The van der Waals surface area contributed by atoms with Crippen LogP contribution >= 0.6 is 11.6 Å². The second-order valence-electron chi connectivity index (χ2n) is 8.22. The first-order valence-electron chi connectivity index (χ1n) is 10.5. The van der Waals surface area contributed by atoms with Gasteiger partial charge in [-0.2, -0.15) is 0 Å². The van der Waals surface area contributed by atoms with E-state index in [0.717, 1.165) is 35.2 Å². The maximum absolute atomic E-state index is 13.2. The Labute approximate surface area is 190 Å². The van der Waals surface area contributed by atoms with Crippen molar-refractivity contribution < 1.29 is 9.59 Å². The van der Waals surface area contributed by atoms with Gasteiger partial charge in [0.05, 0.1) is 22.0 Å². The fourth-order valence-electron chi connectivity index (χ4n) is 3.84. The van der Waals surface area contributed by atoms with Crippen molar-refractivity contribution in [2.45, 2.75) is 33.1 Å². The lowest BCUT2D eigenvalue weighted by Gasteiger charge is -2.27. The highest BCUT2D eigenvalue weighted by Gasteiger charge is 2.32. The van der Waals surface area contributed by atoms with Gasteiger partial charge in [-0.1, -0.05) is 17.7 Å². The maximum atomic E-state index is 13.2. The number of anilines is 2. The molecule has 2 aliphatic rings. The summed E-state index contributed by atoms with van der Waals surface area (Å²) in [6.45, 7) is 4.37. The monoisotopic (exact) mass is 448 g/mol. The van der Waals surface area contributed by atoms with Crippen molar-refractivity contribution in [1.29, 1.82) is 0 Å². The van der Waals surface area contributed by atoms with Gasteiger partial charge in [-0.05, 0) is 43.9 Å². The number of hydrogen-bond acceptors (Lipinski definition) is 6. The van der Waals surface area contributed by atoms with Crippen molar-refractivity contribution in [3.8, 4) is 11.3 Å². The molecule has 0 unspecified atom stereocenters. The summed E-state index contributed by atoms with van der Waals surface area (Å²) < 4.78 is 0. The van der Waals surface area contributed by atoms with E-state index in [0.29, 0.717) is 35.1 Å². The summed E-state index contributed by atoms with van der Waals surface area (Å²) in [5.74, 6) is 0.499. The van der Waals surface area contributed by atoms with E-state index in [4.69, 9.17) is 11.6 Å². The lowest BCUT2D eigenvalue weighted by molar-refractivity contribution is -0.117. The van der Waals surface area contributed by atoms with Crippen LogP contribution in [0.5, 0.6) is 0 Å². The molecular weight excluding hydrogens is 428 g/mol. The molecule has 0 radical (unpaired) electrons. The summed E-state index contributed by atoms with van der Waals surface area (Å²) in [5.41, 5.74) is 4.57. The Kier molecular flexibility index (Phi) is 5.09. The number of aromatic nitrogens is 4. The Morgan fingerprint density at radius 1 is 1.09 bits per heavy atom. The van der Waals surface area contributed by atoms with Crippen LogP contribution in [-0.2, 0) is 11.2 Å². The van der Waals surface area contributed by atoms with E-state index in [2.05, 4.69) is 25.3 Å². The highest BCUT2D eigenvalue weighted by atomic mass is 35.5. The maximum Gasteiger partial charge on any atom is 0.262 e. The Morgan fingerprint density at radius 3 is 2.66 bits per heavy atom. The molecule has 0 atom stereocenters. The van der Waals surface area contributed by atoms with Gasteiger partial charge in [0.25, 0.3) is 5.91 Å². The number of nitrogens with one attached hydrogen (secondary N) is 1. The van der Waals surface area contributed by atoms with Crippen LogP contribution in [0.1, 0.15) is 40.0 Å². The average Bonchev–Trinajstić information content (AvgIpc) is 3.61. The van der Waals surface area contributed by atoms with Crippen LogP contribution in [-0.4, -0.2) is 38.3 Å². The molecule has 0 spiro atoms. The van der Waals surface area contributed by atoms with Crippen molar-refractivity contribution in [3.05, 3.63) is 58.1 Å². The van der Waals surface area contributed by atoms with Gasteiger partial charge < -0.3 is 0 Å². The number of carbonyl (C=O) groups excluding carboxylic acids is 2. The first-order valence-corrected chi connectivity index (χ1v) is 10.9. The Hall–Kier alpha value is -3.39. The SMILES string of the molecule is Cc1cnc(-c2cc(N3CCc4nc(NC(=O)C5CC5)ncc4C3=O)ncc2Cl)c(C)c1. The summed E-state index contributed by atoms with van der Waals surface area (Å²) in [5, 5.41) is 3.20. The second kappa shape index (κ2) is 7.94. The first-order chi connectivity index (χ1) is 15.4. The van der Waals surface area contributed by atoms with Crippen LogP contribution in [0.15, 0.2) is 30.7 Å². The number of nitrogens with zero attached hydrogens (tertiary/aromatic N) is 5. The number of carbonyl (C=O) groups is 2. The lowest BCUT2D eigenvalue weighted by atomic mass is 10.0. The highest BCUT2D eigenvalue weighted by molar-refractivity contribution is 6.33. The molecule has 0 saturated heterocycles. The molecule has 1 aliphatic carbocycles. The van der Waals surface area contributed by atoms with Crippen LogP contribution in [0.3, 0.4) is 0 Å². The Morgan fingerprint density at radius 2 is 1.91 bits per heavy atom. The average molecular weight is 449 g/mol. The topological polar surface area (TPSA) is 101 Å². The molecule has 8 nitrogen and oxygen atoms in total. The van der Waals surface area contributed by atoms with E-state index in [1.807, 2.05) is 19.9 Å². The van der Waals surface area contributed by atoms with Gasteiger partial charge in [-0.25, -0.2) is 15.0 Å². The standard InChI is InChI=1S/C23H21ClN6O2/c1-12-7-13(2)20(26-9-12)15-8-19(25-11-17(15)24)30-6-5-18-16(22(30)32)10-27-23(28-18)29-21(31)14-3-4-14/h7-11,14H,3-6H2,1-2H3,(H,27,28,29,31). The van der Waals surface area contributed by atoms with Crippen LogP contribution < -0.4 is 10.2 Å². The molecule has 9 heteroatoms. The minimum absolute atomic E-state index is 0.0589. The zero-order valence-electron chi connectivity index (χ0n) is 17.7. The van der Waals surface area contributed by atoms with Gasteiger partial charge in [0.1, 0.15) is 5.82 Å². The number of fused-ring (bicyclic) bond motifs is 1. The minimum atomic E-state index is -0.235. The van der Waals surface area contributed by atoms with E-state index >= 15 is 0 Å². The molecule has 2 amide bonds. The van der Waals surface area contributed by atoms with E-state index in [-0.39, 0.29) is 23.7 Å². The predicted molar refractivity (Wildman–Crippen MR) is 121 cm³/mol. The van der Waals surface area contributed by atoms with Crippen molar-refractivity contribution in [2.75, 3.05) is 16.8 Å². The number of rotatable bonds is 4. The normalized spacial score (nSPS) is 15.5. The van der Waals surface area contributed by atoms with E-state index in [1.54, 1.807) is 23.4 Å². The molecule has 1 aliphatic heterocycles. The van der Waals surface area contributed by atoms with E-state index < -0.39 is 0 Å². The summed E-state index contributed by atoms with van der Waals surface area (Å²) in [7, 11) is 0. The van der Waals surface area contributed by atoms with Gasteiger partial charge >= 0.3 is 0 Å². The molecule has 1 fully saturated rings. The molecule has 0 bridgehead atoms. The third-order valence-electron chi connectivity index (χ3n) is 5.69. The zero-order chi connectivity index (χ0) is 22.4. The van der Waals surface area contributed by atoms with Crippen molar-refractivity contribution in [3.63, 3.8) is 0 Å². The lowest BCUT2D eigenvalue weighted by Crippen LogP contribution is -2.39. The molecule has 162 valence electrons. The number of amides is 2. The number of hydrogen-bond donors (Lipinski definition) is 1. The van der Waals surface area contributed by atoms with Crippen LogP contribution in [0.4, 0.5) is 11.8 Å². The van der Waals surface area contributed by atoms with Crippen LogP contribution in [0, 0.1) is 19.8 Å². The molecular formula is C23H21ClN6O2. The van der Waals surface area contributed by atoms with Gasteiger partial charge in [0, 0.05) is 43.0 Å². The van der Waals surface area contributed by atoms with Crippen LogP contribution in [0.25, 0.3) is 11.3 Å². The summed E-state index contributed by atoms with van der Waals surface area (Å²) in [6.07, 6.45) is 7.13. The molecule has 3 aromatic rings. The van der Waals surface area contributed by atoms with E-state index in [1.165, 1.54) is 6.20 Å². The largest absolute Gasteiger partial charge is 0.294 e. The molecule has 5 rings (SSSR count). The summed E-state index contributed by atoms with van der Waals surface area (Å²) in [6, 6.07) is 3.83. The third kappa shape index (κ3) is 3.82. The highest BCUT2D eigenvalue weighted by Crippen LogP contribution is 2.33. The number of aryl methyl sites for hydroxylation is 2. The number of halogens is 1. The van der Waals surface area contributed by atoms with Gasteiger partial charge in [0.2, 0.25) is 11.9 Å². The molecule has 0 aromatic carbocycles.